The van der Waals surface area contributed by atoms with Crippen LogP contribution in [-0.4, -0.2) is 47.8 Å². The maximum Gasteiger partial charge on any atom is 0.416 e. The Labute approximate surface area is 286 Å². The van der Waals surface area contributed by atoms with E-state index in [0.29, 0.717) is 73.5 Å². The van der Waals surface area contributed by atoms with Crippen LogP contribution in [0.2, 0.25) is 0 Å². The number of aryl methyl sites for hydroxylation is 1. The summed E-state index contributed by atoms with van der Waals surface area (Å²) in [6.07, 6.45) is 3.59. The highest BCUT2D eigenvalue weighted by atomic mass is 19.4. The summed E-state index contributed by atoms with van der Waals surface area (Å²) in [4.78, 5) is 31.9. The van der Waals surface area contributed by atoms with Gasteiger partial charge in [-0.25, -0.2) is 0 Å². The van der Waals surface area contributed by atoms with Crippen molar-refractivity contribution in [1.29, 1.82) is 5.26 Å². The highest BCUT2D eigenvalue weighted by Crippen LogP contribution is 2.36. The third-order valence-electron chi connectivity index (χ3n) is 9.48. The Bertz CT molecular complexity index is 1730. The summed E-state index contributed by atoms with van der Waals surface area (Å²) < 4.78 is 45.1. The normalized spacial score (nSPS) is 17.0. The number of alkyl halides is 3. The highest BCUT2D eigenvalue weighted by molar-refractivity contribution is 6.21. The second-order valence-electron chi connectivity index (χ2n) is 12.8. The van der Waals surface area contributed by atoms with Crippen LogP contribution in [0.3, 0.4) is 0 Å². The molecule has 2 aliphatic rings. The number of rotatable bonds is 9. The molecule has 2 amide bonds. The van der Waals surface area contributed by atoms with Gasteiger partial charge in [-0.15, -0.1) is 0 Å². The van der Waals surface area contributed by atoms with Gasteiger partial charge in [0.05, 0.1) is 17.0 Å². The summed E-state index contributed by atoms with van der Waals surface area (Å²) in [5.74, 6) is 0.108. The average Bonchev–Trinajstić information content (AvgIpc) is 3.13. The van der Waals surface area contributed by atoms with E-state index >= 15 is 0 Å². The van der Waals surface area contributed by atoms with E-state index in [1.807, 2.05) is 61.2 Å². The molecule has 2 aliphatic heterocycles. The summed E-state index contributed by atoms with van der Waals surface area (Å²) in [6.45, 7) is 5.97. The molecule has 2 heterocycles. The van der Waals surface area contributed by atoms with Gasteiger partial charge in [0.1, 0.15) is 12.4 Å². The lowest BCUT2D eigenvalue weighted by Crippen LogP contribution is -2.45. The van der Waals surface area contributed by atoms with Crippen LogP contribution in [0, 0.1) is 18.3 Å². The van der Waals surface area contributed by atoms with Crippen LogP contribution in [0.15, 0.2) is 90.5 Å². The Balaban J connectivity index is 1.42. The first-order valence-electron chi connectivity index (χ1n) is 16.9. The van der Waals surface area contributed by atoms with Crippen LogP contribution in [0.25, 0.3) is 5.57 Å². The van der Waals surface area contributed by atoms with Crippen molar-refractivity contribution in [3.8, 4) is 11.8 Å². The van der Waals surface area contributed by atoms with Crippen molar-refractivity contribution in [3.63, 3.8) is 0 Å². The molecule has 0 unspecified atom stereocenters. The number of carbonyl (C=O) groups is 2. The van der Waals surface area contributed by atoms with Crippen molar-refractivity contribution in [2.75, 3.05) is 26.2 Å². The first-order valence-corrected chi connectivity index (χ1v) is 16.9. The minimum atomic E-state index is -4.42. The zero-order valence-corrected chi connectivity index (χ0v) is 28.1. The number of hydrogen-bond donors (Lipinski definition) is 0. The van der Waals surface area contributed by atoms with Gasteiger partial charge in [-0.2, -0.15) is 18.4 Å². The van der Waals surface area contributed by atoms with Crippen LogP contribution in [0.1, 0.15) is 73.3 Å². The van der Waals surface area contributed by atoms with Gasteiger partial charge in [-0.05, 0) is 98.0 Å². The molecule has 0 radical (unpaired) electrons. The molecule has 9 heteroatoms. The zero-order valence-electron chi connectivity index (χ0n) is 28.1. The number of ether oxygens (including phenoxy) is 1. The summed E-state index contributed by atoms with van der Waals surface area (Å²) in [6, 6.07) is 22.4. The molecule has 6 nitrogen and oxygen atoms in total. The van der Waals surface area contributed by atoms with Crippen molar-refractivity contribution in [1.82, 2.24) is 9.80 Å². The monoisotopic (exact) mass is 669 g/mol. The SMILES string of the molecule is CC/C=C(/C=C(/C(=O)N1CCCCC1)c1cc(OCc2ccc(C(F)(F)F)cc2)ccc1C)C(=O)N1CCC(C#N)(c2ccccc2)CC1. The molecule has 3 aromatic carbocycles. The number of piperidine rings is 2. The van der Waals surface area contributed by atoms with Crippen molar-refractivity contribution in [2.24, 2.45) is 0 Å². The van der Waals surface area contributed by atoms with Crippen LogP contribution in [0.4, 0.5) is 13.2 Å². The quantitative estimate of drug-likeness (QED) is 0.169. The largest absolute Gasteiger partial charge is 0.489 e. The van der Waals surface area contributed by atoms with E-state index in [0.717, 1.165) is 42.5 Å². The molecular formula is C40H42F3N3O3. The maximum atomic E-state index is 14.2. The van der Waals surface area contributed by atoms with E-state index < -0.39 is 17.2 Å². The minimum absolute atomic E-state index is 0.0430. The Morgan fingerprint density at radius 1 is 0.898 bits per heavy atom. The summed E-state index contributed by atoms with van der Waals surface area (Å²) in [5.41, 5.74) is 2.40. The Morgan fingerprint density at radius 2 is 1.55 bits per heavy atom. The molecule has 2 fully saturated rings. The second-order valence-corrected chi connectivity index (χ2v) is 12.8. The molecule has 2 saturated heterocycles. The maximum absolute atomic E-state index is 14.2. The summed E-state index contributed by atoms with van der Waals surface area (Å²) >= 11 is 0. The third kappa shape index (κ3) is 8.43. The number of carbonyl (C=O) groups excluding carboxylic acids is 2. The van der Waals surface area contributed by atoms with Crippen LogP contribution >= 0.6 is 0 Å². The second kappa shape index (κ2) is 15.6. The standard InChI is InChI=1S/C40H42F3N3O3/c1-3-10-31(37(47)46-23-19-39(28-44,20-24-46)32-11-6-4-7-12-32)25-36(38(48)45-21-8-5-9-22-45)35-26-34(18-13-29(35)2)49-27-30-14-16-33(17-15-30)40(41,42)43/h4,6-7,10-18,25-26H,3,5,8-9,19-24,27H2,1-2H3/b31-10-,36-25+. The van der Waals surface area contributed by atoms with Gasteiger partial charge in [-0.1, -0.05) is 61.5 Å². The number of amides is 2. The molecule has 0 aliphatic carbocycles. The van der Waals surface area contributed by atoms with E-state index in [2.05, 4.69) is 6.07 Å². The fraction of sp³-hybridized carbons (Fsp3) is 0.375. The molecule has 49 heavy (non-hydrogen) atoms. The topological polar surface area (TPSA) is 73.6 Å². The Kier molecular flexibility index (Phi) is 11.3. The van der Waals surface area contributed by atoms with E-state index in [-0.39, 0.29) is 18.4 Å². The van der Waals surface area contributed by atoms with Crippen molar-refractivity contribution < 1.29 is 27.5 Å². The number of hydrogen-bond acceptors (Lipinski definition) is 4. The zero-order chi connectivity index (χ0) is 35.0. The lowest BCUT2D eigenvalue weighted by atomic mass is 9.74. The Hall–Kier alpha value is -4.84. The van der Waals surface area contributed by atoms with Gasteiger partial charge >= 0.3 is 6.18 Å². The molecule has 0 bridgehead atoms. The molecule has 0 N–H and O–H groups in total. The number of likely N-dealkylation sites (tertiary alicyclic amines) is 2. The van der Waals surface area contributed by atoms with Gasteiger partial charge in [0.25, 0.3) is 11.8 Å². The van der Waals surface area contributed by atoms with Crippen molar-refractivity contribution in [2.45, 2.75) is 70.6 Å². The van der Waals surface area contributed by atoms with Crippen LogP contribution in [0.5, 0.6) is 5.75 Å². The lowest BCUT2D eigenvalue weighted by molar-refractivity contribution is -0.137. The summed E-state index contributed by atoms with van der Waals surface area (Å²) in [7, 11) is 0. The first kappa shape index (κ1) is 35.5. The van der Waals surface area contributed by atoms with Crippen LogP contribution < -0.4 is 4.74 Å². The minimum Gasteiger partial charge on any atom is -0.489 e. The number of nitrogens with zero attached hydrogens (tertiary/aromatic N) is 3. The molecule has 0 saturated carbocycles. The van der Waals surface area contributed by atoms with E-state index in [4.69, 9.17) is 4.74 Å². The molecule has 0 spiro atoms. The number of benzene rings is 3. The van der Waals surface area contributed by atoms with Gasteiger partial charge in [-0.3, -0.25) is 9.59 Å². The van der Waals surface area contributed by atoms with E-state index in [9.17, 15) is 28.0 Å². The van der Waals surface area contributed by atoms with Gasteiger partial charge in [0.15, 0.2) is 0 Å². The first-order chi connectivity index (χ1) is 23.5. The third-order valence-corrected chi connectivity index (χ3v) is 9.48. The predicted octanol–water partition coefficient (Wildman–Crippen LogP) is 8.41. The van der Waals surface area contributed by atoms with Gasteiger partial charge < -0.3 is 14.5 Å². The fourth-order valence-corrected chi connectivity index (χ4v) is 6.54. The van der Waals surface area contributed by atoms with Crippen molar-refractivity contribution >= 4 is 17.4 Å². The molecule has 3 aromatic rings. The average molecular weight is 670 g/mol. The van der Waals surface area contributed by atoms with Crippen molar-refractivity contribution in [3.05, 3.63) is 118 Å². The Morgan fingerprint density at radius 3 is 2.16 bits per heavy atom. The van der Waals surface area contributed by atoms with E-state index in [1.165, 1.54) is 12.1 Å². The number of nitriles is 1. The number of halogens is 3. The highest BCUT2D eigenvalue weighted by Gasteiger charge is 2.38. The predicted molar refractivity (Wildman–Crippen MR) is 183 cm³/mol. The molecular weight excluding hydrogens is 627 g/mol. The molecule has 256 valence electrons. The molecule has 5 rings (SSSR count). The fourth-order valence-electron chi connectivity index (χ4n) is 6.54. The smallest absolute Gasteiger partial charge is 0.416 e. The van der Waals surface area contributed by atoms with Crippen LogP contribution in [-0.2, 0) is 27.8 Å². The lowest BCUT2D eigenvalue weighted by Gasteiger charge is -2.38. The number of allylic oxidation sites excluding steroid dienone is 1. The van der Waals surface area contributed by atoms with Gasteiger partial charge in [0, 0.05) is 37.3 Å². The summed E-state index contributed by atoms with van der Waals surface area (Å²) in [5, 5.41) is 10.2. The van der Waals surface area contributed by atoms with Gasteiger partial charge in [0.2, 0.25) is 0 Å². The van der Waals surface area contributed by atoms with E-state index in [1.54, 1.807) is 23.1 Å². The molecule has 0 aromatic heterocycles. The molecule has 0 atom stereocenters.